The molecule has 0 aliphatic heterocycles. The number of nitrogens with one attached hydrogen (secondary N) is 1. The number of ether oxygens (including phenoxy) is 4. The van der Waals surface area contributed by atoms with Crippen molar-refractivity contribution >= 4 is 27.5 Å². The lowest BCUT2D eigenvalue weighted by Crippen LogP contribution is -2.17. The van der Waals surface area contributed by atoms with E-state index in [4.69, 9.17) is 30.5 Å². The summed E-state index contributed by atoms with van der Waals surface area (Å²) < 4.78 is 23.5. The van der Waals surface area contributed by atoms with Gasteiger partial charge in [-0.15, -0.1) is 0 Å². The highest BCUT2D eigenvalue weighted by molar-refractivity contribution is 9.10. The molecule has 0 spiro atoms. The van der Waals surface area contributed by atoms with E-state index in [1.54, 1.807) is 14.2 Å². The number of methoxy groups -OCH3 is 2. The van der Waals surface area contributed by atoms with Crippen molar-refractivity contribution in [2.24, 2.45) is 0 Å². The first-order valence-electron chi connectivity index (χ1n) is 10.8. The van der Waals surface area contributed by atoms with Gasteiger partial charge in [0.2, 0.25) is 0 Å². The quantitative estimate of drug-likeness (QED) is 0.271. The minimum atomic E-state index is 0.437. The van der Waals surface area contributed by atoms with Crippen molar-refractivity contribution < 1.29 is 18.9 Å². The third-order valence-electron chi connectivity index (χ3n) is 5.07. The lowest BCUT2D eigenvalue weighted by atomic mass is 10.1. The number of benzene rings is 3. The Bertz CT molecular complexity index is 1040. The van der Waals surface area contributed by atoms with E-state index in [0.717, 1.165) is 45.8 Å². The molecule has 0 aliphatic carbocycles. The first-order chi connectivity index (χ1) is 16.0. The van der Waals surface area contributed by atoms with E-state index in [1.807, 2.05) is 55.5 Å². The van der Waals surface area contributed by atoms with Gasteiger partial charge in [-0.3, -0.25) is 0 Å². The molecule has 0 atom stereocenters. The van der Waals surface area contributed by atoms with Crippen LogP contribution in [0.1, 0.15) is 23.6 Å². The predicted octanol–water partition coefficient (Wildman–Crippen LogP) is 6.43. The number of halogens is 2. The monoisotopic (exact) mass is 533 g/mol. The smallest absolute Gasteiger partial charge is 0.162 e. The molecule has 0 fully saturated rings. The zero-order chi connectivity index (χ0) is 23.6. The van der Waals surface area contributed by atoms with E-state index in [9.17, 15) is 0 Å². The zero-order valence-corrected chi connectivity index (χ0v) is 21.5. The molecule has 7 heteroatoms. The standard InChI is InChI=1S/C26H29BrClNO4/c1-4-32-25-14-20(16-29-12-11-18-7-10-23(30-2)24(13-18)31-3)22(27)15-26(25)33-17-19-5-8-21(28)9-6-19/h5-10,13-15,29H,4,11-12,16-17H2,1-3H3. The molecule has 3 rings (SSSR count). The average molecular weight is 535 g/mol. The van der Waals surface area contributed by atoms with Crippen LogP contribution in [-0.4, -0.2) is 27.4 Å². The van der Waals surface area contributed by atoms with Gasteiger partial charge >= 0.3 is 0 Å². The number of hydrogen-bond acceptors (Lipinski definition) is 5. The van der Waals surface area contributed by atoms with Crippen LogP contribution in [0.4, 0.5) is 0 Å². The van der Waals surface area contributed by atoms with Gasteiger partial charge in [0.1, 0.15) is 6.61 Å². The van der Waals surface area contributed by atoms with Crippen molar-refractivity contribution in [2.45, 2.75) is 26.5 Å². The van der Waals surface area contributed by atoms with Crippen LogP contribution in [0.25, 0.3) is 0 Å². The Morgan fingerprint density at radius 2 is 1.52 bits per heavy atom. The maximum absolute atomic E-state index is 6.04. The first kappa shape index (κ1) is 25.2. The van der Waals surface area contributed by atoms with Gasteiger partial charge in [-0.25, -0.2) is 0 Å². The first-order valence-corrected chi connectivity index (χ1v) is 11.9. The molecule has 0 saturated carbocycles. The Labute approximate surface area is 209 Å². The van der Waals surface area contributed by atoms with Gasteiger partial charge in [0.05, 0.1) is 20.8 Å². The van der Waals surface area contributed by atoms with Crippen molar-refractivity contribution in [2.75, 3.05) is 27.4 Å². The fourth-order valence-corrected chi connectivity index (χ4v) is 3.92. The minimum absolute atomic E-state index is 0.437. The number of rotatable bonds is 12. The molecular formula is C26H29BrClNO4. The summed E-state index contributed by atoms with van der Waals surface area (Å²) >= 11 is 9.64. The van der Waals surface area contributed by atoms with Gasteiger partial charge in [0.15, 0.2) is 23.0 Å². The molecule has 0 unspecified atom stereocenters. The van der Waals surface area contributed by atoms with E-state index in [2.05, 4.69) is 27.3 Å². The highest BCUT2D eigenvalue weighted by Crippen LogP contribution is 2.34. The second kappa shape index (κ2) is 12.7. The maximum atomic E-state index is 6.04. The summed E-state index contributed by atoms with van der Waals surface area (Å²) in [5.41, 5.74) is 3.32. The second-order valence-electron chi connectivity index (χ2n) is 7.35. The molecular weight excluding hydrogens is 506 g/mol. The summed E-state index contributed by atoms with van der Waals surface area (Å²) in [4.78, 5) is 0. The van der Waals surface area contributed by atoms with E-state index >= 15 is 0 Å². The van der Waals surface area contributed by atoms with Gasteiger partial charge in [-0.1, -0.05) is 45.7 Å². The molecule has 0 bridgehead atoms. The third kappa shape index (κ3) is 7.29. The van der Waals surface area contributed by atoms with Gasteiger partial charge in [-0.05, 0) is 73.0 Å². The minimum Gasteiger partial charge on any atom is -0.493 e. The van der Waals surface area contributed by atoms with Crippen molar-refractivity contribution in [1.29, 1.82) is 0 Å². The van der Waals surface area contributed by atoms with Crippen LogP contribution in [0.15, 0.2) is 59.1 Å². The maximum Gasteiger partial charge on any atom is 0.162 e. The molecule has 5 nitrogen and oxygen atoms in total. The van der Waals surface area contributed by atoms with Crippen LogP contribution in [-0.2, 0) is 19.6 Å². The zero-order valence-electron chi connectivity index (χ0n) is 19.1. The summed E-state index contributed by atoms with van der Waals surface area (Å²) in [7, 11) is 3.29. The lowest BCUT2D eigenvalue weighted by molar-refractivity contribution is 0.269. The van der Waals surface area contributed by atoms with Crippen molar-refractivity contribution in [3.05, 3.63) is 80.8 Å². The Kier molecular flexibility index (Phi) is 9.73. The predicted molar refractivity (Wildman–Crippen MR) is 136 cm³/mol. The van der Waals surface area contributed by atoms with Gasteiger partial charge in [0.25, 0.3) is 0 Å². The molecule has 33 heavy (non-hydrogen) atoms. The van der Waals surface area contributed by atoms with E-state index < -0.39 is 0 Å². The number of hydrogen-bond donors (Lipinski definition) is 1. The molecule has 0 radical (unpaired) electrons. The highest BCUT2D eigenvalue weighted by atomic mass is 79.9. The topological polar surface area (TPSA) is 49.0 Å². The summed E-state index contributed by atoms with van der Waals surface area (Å²) in [6, 6.07) is 17.6. The normalized spacial score (nSPS) is 10.7. The van der Waals surface area contributed by atoms with Crippen LogP contribution < -0.4 is 24.3 Å². The van der Waals surface area contributed by atoms with Crippen LogP contribution in [0.3, 0.4) is 0 Å². The molecule has 0 amide bonds. The summed E-state index contributed by atoms with van der Waals surface area (Å²) in [5.74, 6) is 2.91. The van der Waals surface area contributed by atoms with Crippen molar-refractivity contribution in [1.82, 2.24) is 5.32 Å². The van der Waals surface area contributed by atoms with Crippen LogP contribution >= 0.6 is 27.5 Å². The van der Waals surface area contributed by atoms with Gasteiger partial charge in [0, 0.05) is 16.0 Å². The molecule has 0 heterocycles. The Morgan fingerprint density at radius 1 is 0.818 bits per heavy atom. The van der Waals surface area contributed by atoms with Crippen molar-refractivity contribution in [3.63, 3.8) is 0 Å². The molecule has 0 saturated heterocycles. The largest absolute Gasteiger partial charge is 0.493 e. The van der Waals surface area contributed by atoms with Gasteiger partial charge in [-0.2, -0.15) is 0 Å². The van der Waals surface area contributed by atoms with Crippen LogP contribution in [0.2, 0.25) is 5.02 Å². The van der Waals surface area contributed by atoms with Crippen LogP contribution in [0.5, 0.6) is 23.0 Å². The summed E-state index contributed by atoms with van der Waals surface area (Å²) in [6.07, 6.45) is 0.874. The molecule has 3 aromatic carbocycles. The molecule has 3 aromatic rings. The third-order valence-corrected chi connectivity index (χ3v) is 6.06. The highest BCUT2D eigenvalue weighted by Gasteiger charge is 2.12. The summed E-state index contributed by atoms with van der Waals surface area (Å²) in [6.45, 7) is 4.48. The van der Waals surface area contributed by atoms with Crippen LogP contribution in [0, 0.1) is 0 Å². The Morgan fingerprint density at radius 3 is 2.21 bits per heavy atom. The average Bonchev–Trinajstić information content (AvgIpc) is 2.83. The SMILES string of the molecule is CCOc1cc(CNCCc2ccc(OC)c(OC)c2)c(Br)cc1OCc1ccc(Cl)cc1. The fraction of sp³-hybridized carbons (Fsp3) is 0.308. The summed E-state index contributed by atoms with van der Waals surface area (Å²) in [5, 5.41) is 4.21. The molecule has 0 aliphatic rings. The van der Waals surface area contributed by atoms with Crippen molar-refractivity contribution in [3.8, 4) is 23.0 Å². The fourth-order valence-electron chi connectivity index (χ4n) is 3.33. The second-order valence-corrected chi connectivity index (χ2v) is 8.65. The Hall–Kier alpha value is -2.41. The lowest BCUT2D eigenvalue weighted by Gasteiger charge is -2.16. The van der Waals surface area contributed by atoms with E-state index in [0.29, 0.717) is 30.5 Å². The van der Waals surface area contributed by atoms with Gasteiger partial charge < -0.3 is 24.3 Å². The van der Waals surface area contributed by atoms with E-state index in [-0.39, 0.29) is 0 Å². The molecule has 0 aromatic heterocycles. The molecule has 1 N–H and O–H groups in total. The Balaban J connectivity index is 1.59. The van der Waals surface area contributed by atoms with E-state index in [1.165, 1.54) is 5.56 Å². The molecule has 176 valence electrons.